The lowest BCUT2D eigenvalue weighted by Crippen LogP contribution is -2.42. The molecule has 3 N–H and O–H groups in total. The number of carbonyl (C=O) groups is 2. The molecule has 0 saturated heterocycles. The van der Waals surface area contributed by atoms with Gasteiger partial charge in [0.2, 0.25) is 0 Å². The Morgan fingerprint density at radius 1 is 1.04 bits per heavy atom. The molecule has 4 rings (SSSR count). The van der Waals surface area contributed by atoms with E-state index in [1.165, 1.54) is 31.9 Å². The number of urea groups is 1. The largest absolute Gasteiger partial charge is 0.459 e. The number of fused-ring (bicyclic) bond motifs is 2. The number of anilines is 2. The maximum atomic E-state index is 12.3. The zero-order valence-corrected chi connectivity index (χ0v) is 15.4. The highest BCUT2D eigenvalue weighted by molar-refractivity contribution is 6.02. The highest BCUT2D eigenvalue weighted by atomic mass is 16.3. The van der Waals surface area contributed by atoms with Crippen molar-refractivity contribution in [2.75, 3.05) is 10.6 Å². The van der Waals surface area contributed by atoms with Crippen LogP contribution in [0.4, 0.5) is 16.2 Å². The third-order valence-corrected chi connectivity index (χ3v) is 5.94. The first-order valence-electron chi connectivity index (χ1n) is 9.61. The minimum atomic E-state index is -0.307. The van der Waals surface area contributed by atoms with Gasteiger partial charge in [0.25, 0.3) is 5.91 Å². The van der Waals surface area contributed by atoms with Gasteiger partial charge in [0.15, 0.2) is 5.76 Å². The molecular formula is C21H25N3O3. The number of benzene rings is 1. The molecule has 2 aliphatic rings. The van der Waals surface area contributed by atoms with E-state index in [0.717, 1.165) is 11.8 Å². The van der Waals surface area contributed by atoms with Gasteiger partial charge in [0.05, 0.1) is 6.26 Å². The van der Waals surface area contributed by atoms with Gasteiger partial charge in [-0.3, -0.25) is 4.79 Å². The van der Waals surface area contributed by atoms with Crippen LogP contribution in [-0.4, -0.2) is 18.0 Å². The van der Waals surface area contributed by atoms with Crippen LogP contribution < -0.4 is 16.0 Å². The summed E-state index contributed by atoms with van der Waals surface area (Å²) in [5.74, 6) is 2.21. The standard InChI is InChI=1S/C21H25N3O3/c1-13(18-12-14-4-5-15(18)11-14)22-21(26)24-17-8-6-16(7-9-17)23-20(25)19-3-2-10-27-19/h2-3,6-10,13-15,18H,4-5,11-12H2,1H3,(H,23,25)(H2,22,24,26)/t13-,14-,15-,18-/m0/s1. The van der Waals surface area contributed by atoms with Gasteiger partial charge >= 0.3 is 6.03 Å². The minimum absolute atomic E-state index is 0.183. The average molecular weight is 367 g/mol. The van der Waals surface area contributed by atoms with Crippen LogP contribution in [0.1, 0.15) is 43.2 Å². The third kappa shape index (κ3) is 3.99. The summed E-state index contributed by atoms with van der Waals surface area (Å²) in [4.78, 5) is 24.3. The first kappa shape index (κ1) is 17.6. The molecule has 4 atom stereocenters. The second kappa shape index (κ2) is 7.47. The number of carbonyl (C=O) groups excluding carboxylic acids is 2. The van der Waals surface area contributed by atoms with Crippen molar-refractivity contribution in [3.8, 4) is 0 Å². The van der Waals surface area contributed by atoms with E-state index in [4.69, 9.17) is 4.42 Å². The summed E-state index contributed by atoms with van der Waals surface area (Å²) in [6.45, 7) is 2.11. The van der Waals surface area contributed by atoms with Crippen molar-refractivity contribution in [3.05, 3.63) is 48.4 Å². The molecule has 2 saturated carbocycles. The molecule has 6 nitrogen and oxygen atoms in total. The van der Waals surface area contributed by atoms with Crippen LogP contribution in [0.3, 0.4) is 0 Å². The van der Waals surface area contributed by atoms with Crippen molar-refractivity contribution in [1.29, 1.82) is 0 Å². The minimum Gasteiger partial charge on any atom is -0.459 e. The van der Waals surface area contributed by atoms with Crippen LogP contribution in [0.5, 0.6) is 0 Å². The Morgan fingerprint density at radius 3 is 2.37 bits per heavy atom. The molecule has 1 aromatic carbocycles. The topological polar surface area (TPSA) is 83.4 Å². The third-order valence-electron chi connectivity index (χ3n) is 5.94. The van der Waals surface area contributed by atoms with Crippen LogP contribution in [0, 0.1) is 17.8 Å². The molecule has 0 radical (unpaired) electrons. The fourth-order valence-corrected chi connectivity index (χ4v) is 4.62. The summed E-state index contributed by atoms with van der Waals surface area (Å²) >= 11 is 0. The van der Waals surface area contributed by atoms with Gasteiger partial charge in [-0.1, -0.05) is 6.42 Å². The second-order valence-electron chi connectivity index (χ2n) is 7.73. The Balaban J connectivity index is 1.27. The van der Waals surface area contributed by atoms with Gasteiger partial charge in [-0.25, -0.2) is 4.79 Å². The number of hydrogen-bond donors (Lipinski definition) is 3. The Hall–Kier alpha value is -2.76. The maximum Gasteiger partial charge on any atom is 0.319 e. The van der Waals surface area contributed by atoms with Crippen molar-refractivity contribution < 1.29 is 14.0 Å². The normalized spacial score (nSPS) is 24.4. The van der Waals surface area contributed by atoms with Crippen LogP contribution in [0.15, 0.2) is 47.1 Å². The Kier molecular flexibility index (Phi) is 4.88. The van der Waals surface area contributed by atoms with Gasteiger partial charge in [-0.05, 0) is 80.3 Å². The predicted molar refractivity (Wildman–Crippen MR) is 104 cm³/mol. The monoisotopic (exact) mass is 367 g/mol. The van der Waals surface area contributed by atoms with Crippen LogP contribution >= 0.6 is 0 Å². The van der Waals surface area contributed by atoms with E-state index in [1.807, 2.05) is 0 Å². The maximum absolute atomic E-state index is 12.3. The van der Waals surface area contributed by atoms with Crippen molar-refractivity contribution >= 4 is 23.3 Å². The predicted octanol–water partition coefficient (Wildman–Crippen LogP) is 4.48. The summed E-state index contributed by atoms with van der Waals surface area (Å²) in [6, 6.07) is 10.3. The first-order chi connectivity index (χ1) is 13.1. The van der Waals surface area contributed by atoms with Crippen molar-refractivity contribution in [2.45, 2.75) is 38.6 Å². The SMILES string of the molecule is C[C@H](NC(=O)Nc1ccc(NC(=O)c2ccco2)cc1)[C@@H]1C[C@H]2CC[C@H]1C2. The molecule has 27 heavy (non-hydrogen) atoms. The van der Waals surface area contributed by atoms with Gasteiger partial charge < -0.3 is 20.4 Å². The lowest BCUT2D eigenvalue weighted by molar-refractivity contribution is 0.0996. The average Bonchev–Trinajstić information content (AvgIpc) is 3.41. The molecule has 3 amide bonds. The number of furan rings is 1. The number of hydrogen-bond acceptors (Lipinski definition) is 3. The Morgan fingerprint density at radius 2 is 1.78 bits per heavy atom. The van der Waals surface area contributed by atoms with Crippen LogP contribution in [-0.2, 0) is 0 Å². The number of nitrogens with one attached hydrogen (secondary N) is 3. The molecule has 142 valence electrons. The molecule has 2 aromatic rings. The number of rotatable bonds is 5. The zero-order chi connectivity index (χ0) is 18.8. The summed E-state index contributed by atoms with van der Waals surface area (Å²) in [5.41, 5.74) is 1.32. The lowest BCUT2D eigenvalue weighted by Gasteiger charge is -2.28. The summed E-state index contributed by atoms with van der Waals surface area (Å²) in [5, 5.41) is 8.70. The van der Waals surface area contributed by atoms with Crippen molar-refractivity contribution in [1.82, 2.24) is 5.32 Å². The highest BCUT2D eigenvalue weighted by Crippen LogP contribution is 2.49. The van der Waals surface area contributed by atoms with Crippen molar-refractivity contribution in [3.63, 3.8) is 0 Å². The quantitative estimate of drug-likeness (QED) is 0.729. The molecule has 1 heterocycles. The Labute approximate surface area is 158 Å². The van der Waals surface area contributed by atoms with E-state index in [1.54, 1.807) is 36.4 Å². The summed E-state index contributed by atoms with van der Waals surface area (Å²) in [7, 11) is 0. The van der Waals surface area contributed by atoms with Gasteiger partial charge in [0, 0.05) is 17.4 Å². The molecule has 2 bridgehead atoms. The lowest BCUT2D eigenvalue weighted by atomic mass is 9.84. The van der Waals surface area contributed by atoms with E-state index < -0.39 is 0 Å². The number of amides is 3. The van der Waals surface area contributed by atoms with Gasteiger partial charge in [-0.15, -0.1) is 0 Å². The van der Waals surface area contributed by atoms with Crippen molar-refractivity contribution in [2.24, 2.45) is 17.8 Å². The van der Waals surface area contributed by atoms with Gasteiger partial charge in [0.1, 0.15) is 0 Å². The summed E-state index contributed by atoms with van der Waals surface area (Å²) < 4.78 is 5.06. The molecular weight excluding hydrogens is 342 g/mol. The smallest absolute Gasteiger partial charge is 0.319 e. The molecule has 2 fully saturated rings. The molecule has 1 aromatic heterocycles. The van der Waals surface area contributed by atoms with E-state index in [0.29, 0.717) is 17.3 Å². The highest BCUT2D eigenvalue weighted by Gasteiger charge is 2.42. The van der Waals surface area contributed by atoms with E-state index in [9.17, 15) is 9.59 Å². The fraction of sp³-hybridized carbons (Fsp3) is 0.429. The molecule has 0 aliphatic heterocycles. The molecule has 6 heteroatoms. The Bertz CT molecular complexity index is 801. The van der Waals surface area contributed by atoms with Crippen LogP contribution in [0.2, 0.25) is 0 Å². The summed E-state index contributed by atoms with van der Waals surface area (Å²) in [6.07, 6.45) is 6.72. The second-order valence-corrected chi connectivity index (χ2v) is 7.73. The fourth-order valence-electron chi connectivity index (χ4n) is 4.62. The van der Waals surface area contributed by atoms with E-state index in [2.05, 4.69) is 22.9 Å². The van der Waals surface area contributed by atoms with Gasteiger partial charge in [-0.2, -0.15) is 0 Å². The molecule has 0 spiro atoms. The molecule has 2 aliphatic carbocycles. The first-order valence-corrected chi connectivity index (χ1v) is 9.61. The zero-order valence-electron chi connectivity index (χ0n) is 15.4. The van der Waals surface area contributed by atoms with Crippen LogP contribution in [0.25, 0.3) is 0 Å². The van der Waals surface area contributed by atoms with E-state index in [-0.39, 0.29) is 23.7 Å². The van der Waals surface area contributed by atoms with E-state index >= 15 is 0 Å². The molecule has 0 unspecified atom stereocenters.